The minimum absolute atomic E-state index is 0.0248. The summed E-state index contributed by atoms with van der Waals surface area (Å²) in [5, 5.41) is 8.82. The summed E-state index contributed by atoms with van der Waals surface area (Å²) in [5.41, 5.74) is 1.26. The van der Waals surface area contributed by atoms with Crippen molar-refractivity contribution in [2.45, 2.75) is 6.92 Å². The number of carboxylic acid groups (broad SMARTS) is 1. The van der Waals surface area contributed by atoms with Gasteiger partial charge in [0.2, 0.25) is 5.01 Å². The lowest BCUT2D eigenvalue weighted by atomic mass is 10.1. The van der Waals surface area contributed by atoms with E-state index in [2.05, 4.69) is 4.98 Å². The Kier molecular flexibility index (Phi) is 2.70. The number of hydrogen-bond acceptors (Lipinski definition) is 3. The van der Waals surface area contributed by atoms with Crippen LogP contribution in [0, 0.1) is 12.7 Å². The number of thiazole rings is 1. The number of carbonyl (C=O) groups is 1. The molecule has 0 saturated carbocycles. The highest BCUT2D eigenvalue weighted by Gasteiger charge is 2.14. The van der Waals surface area contributed by atoms with Gasteiger partial charge in [-0.1, -0.05) is 12.1 Å². The summed E-state index contributed by atoms with van der Waals surface area (Å²) in [7, 11) is 0. The molecule has 1 heterocycles. The Morgan fingerprint density at radius 1 is 1.50 bits per heavy atom. The van der Waals surface area contributed by atoms with Crippen molar-refractivity contribution in [3.63, 3.8) is 0 Å². The molecule has 1 N–H and O–H groups in total. The number of aromatic nitrogens is 1. The van der Waals surface area contributed by atoms with E-state index < -0.39 is 5.97 Å². The number of rotatable bonds is 2. The average molecular weight is 237 g/mol. The number of aryl methyl sites for hydroxylation is 1. The van der Waals surface area contributed by atoms with E-state index >= 15 is 0 Å². The molecule has 1 aromatic carbocycles. The van der Waals surface area contributed by atoms with Crippen LogP contribution in [-0.2, 0) is 0 Å². The van der Waals surface area contributed by atoms with Gasteiger partial charge in [0.25, 0.3) is 0 Å². The van der Waals surface area contributed by atoms with Crippen LogP contribution in [0.4, 0.5) is 4.39 Å². The molecule has 16 heavy (non-hydrogen) atoms. The van der Waals surface area contributed by atoms with Crippen molar-refractivity contribution in [1.82, 2.24) is 4.98 Å². The van der Waals surface area contributed by atoms with E-state index in [1.54, 1.807) is 19.1 Å². The molecule has 82 valence electrons. The summed E-state index contributed by atoms with van der Waals surface area (Å²) >= 11 is 1.05. The Hall–Kier alpha value is -1.75. The van der Waals surface area contributed by atoms with Gasteiger partial charge >= 0.3 is 5.97 Å². The van der Waals surface area contributed by atoms with Crippen molar-refractivity contribution in [2.75, 3.05) is 0 Å². The summed E-state index contributed by atoms with van der Waals surface area (Å²) in [6, 6.07) is 6.03. The highest BCUT2D eigenvalue weighted by atomic mass is 32.1. The average Bonchev–Trinajstić information content (AvgIpc) is 2.60. The molecule has 0 bridgehead atoms. The first-order valence-electron chi connectivity index (χ1n) is 4.54. The second-order valence-electron chi connectivity index (χ2n) is 3.25. The van der Waals surface area contributed by atoms with E-state index in [1.807, 2.05) is 0 Å². The number of carboxylic acids is 1. The summed E-state index contributed by atoms with van der Waals surface area (Å²) in [6.07, 6.45) is 0. The van der Waals surface area contributed by atoms with Gasteiger partial charge in [-0.3, -0.25) is 0 Å². The zero-order valence-electron chi connectivity index (χ0n) is 8.40. The molecular weight excluding hydrogens is 229 g/mol. The maximum Gasteiger partial charge on any atom is 0.365 e. The third kappa shape index (κ3) is 1.94. The van der Waals surface area contributed by atoms with Crippen LogP contribution < -0.4 is 0 Å². The molecule has 5 heteroatoms. The van der Waals surface area contributed by atoms with Gasteiger partial charge in [0, 0.05) is 0 Å². The van der Waals surface area contributed by atoms with Crippen molar-refractivity contribution in [1.29, 1.82) is 0 Å². The largest absolute Gasteiger partial charge is 0.476 e. The molecule has 0 saturated heterocycles. The molecule has 3 nitrogen and oxygen atoms in total. The Labute approximate surface area is 95.2 Å². The Balaban J connectivity index is 2.52. The summed E-state index contributed by atoms with van der Waals surface area (Å²) in [6.45, 7) is 1.71. The highest BCUT2D eigenvalue weighted by molar-refractivity contribution is 7.17. The fourth-order valence-corrected chi connectivity index (χ4v) is 2.29. The second-order valence-corrected chi connectivity index (χ2v) is 4.25. The molecule has 0 unspecified atom stereocenters. The Bertz CT molecular complexity index is 551. The van der Waals surface area contributed by atoms with Crippen LogP contribution in [0.1, 0.15) is 15.5 Å². The van der Waals surface area contributed by atoms with Crippen LogP contribution >= 0.6 is 11.3 Å². The minimum Gasteiger partial charge on any atom is -0.476 e. The standard InChI is InChI=1S/C11H8FNO2S/c1-6-9(16-10(13-6)11(14)15)7-3-2-4-8(12)5-7/h2-5H,1H3,(H,14,15). The fraction of sp³-hybridized carbons (Fsp3) is 0.0909. The molecule has 0 aliphatic rings. The molecular formula is C11H8FNO2S. The summed E-state index contributed by atoms with van der Waals surface area (Å²) < 4.78 is 13.0. The van der Waals surface area contributed by atoms with Crippen LogP contribution in [0.5, 0.6) is 0 Å². The van der Waals surface area contributed by atoms with Crippen molar-refractivity contribution >= 4 is 17.3 Å². The maximum absolute atomic E-state index is 13.0. The van der Waals surface area contributed by atoms with Gasteiger partial charge in [-0.25, -0.2) is 14.2 Å². The van der Waals surface area contributed by atoms with Crippen molar-refractivity contribution in [3.05, 3.63) is 40.8 Å². The lowest BCUT2D eigenvalue weighted by Crippen LogP contribution is -1.93. The van der Waals surface area contributed by atoms with Crippen LogP contribution in [-0.4, -0.2) is 16.1 Å². The quantitative estimate of drug-likeness (QED) is 0.873. The van der Waals surface area contributed by atoms with Gasteiger partial charge in [0.15, 0.2) is 0 Å². The minimum atomic E-state index is -1.06. The number of nitrogens with zero attached hydrogens (tertiary/aromatic N) is 1. The maximum atomic E-state index is 13.0. The van der Waals surface area contributed by atoms with Gasteiger partial charge in [-0.2, -0.15) is 0 Å². The smallest absolute Gasteiger partial charge is 0.365 e. The predicted molar refractivity (Wildman–Crippen MR) is 59.2 cm³/mol. The van der Waals surface area contributed by atoms with Crippen molar-refractivity contribution in [3.8, 4) is 10.4 Å². The zero-order chi connectivity index (χ0) is 11.7. The van der Waals surface area contributed by atoms with E-state index in [4.69, 9.17) is 5.11 Å². The Morgan fingerprint density at radius 3 is 2.81 bits per heavy atom. The van der Waals surface area contributed by atoms with E-state index in [1.165, 1.54) is 12.1 Å². The molecule has 0 atom stereocenters. The van der Waals surface area contributed by atoms with Crippen LogP contribution in [0.15, 0.2) is 24.3 Å². The first-order chi connectivity index (χ1) is 7.58. The van der Waals surface area contributed by atoms with Gasteiger partial charge in [-0.05, 0) is 24.6 Å². The second kappa shape index (κ2) is 4.02. The van der Waals surface area contributed by atoms with Crippen molar-refractivity contribution < 1.29 is 14.3 Å². The number of aromatic carboxylic acids is 1. The normalized spacial score (nSPS) is 10.4. The first kappa shape index (κ1) is 10.8. The molecule has 2 rings (SSSR count). The van der Waals surface area contributed by atoms with E-state index in [0.29, 0.717) is 16.1 Å². The topological polar surface area (TPSA) is 50.2 Å². The van der Waals surface area contributed by atoms with Crippen LogP contribution in [0.25, 0.3) is 10.4 Å². The van der Waals surface area contributed by atoms with Crippen LogP contribution in [0.2, 0.25) is 0 Å². The zero-order valence-corrected chi connectivity index (χ0v) is 9.21. The summed E-state index contributed by atoms with van der Waals surface area (Å²) in [4.78, 5) is 15.3. The van der Waals surface area contributed by atoms with Gasteiger partial charge in [-0.15, -0.1) is 11.3 Å². The van der Waals surface area contributed by atoms with Gasteiger partial charge < -0.3 is 5.11 Å². The molecule has 0 fully saturated rings. The lowest BCUT2D eigenvalue weighted by Gasteiger charge is -1.97. The van der Waals surface area contributed by atoms with Gasteiger partial charge in [0.1, 0.15) is 5.82 Å². The summed E-state index contributed by atoms with van der Waals surface area (Å²) in [5.74, 6) is -1.40. The molecule has 0 aliphatic heterocycles. The number of benzene rings is 1. The molecule has 0 amide bonds. The number of hydrogen-bond donors (Lipinski definition) is 1. The molecule has 1 aromatic heterocycles. The predicted octanol–water partition coefficient (Wildman–Crippen LogP) is 2.96. The fourth-order valence-electron chi connectivity index (χ4n) is 1.39. The lowest BCUT2D eigenvalue weighted by molar-refractivity contribution is 0.0696. The van der Waals surface area contributed by atoms with E-state index in [-0.39, 0.29) is 10.8 Å². The molecule has 0 aliphatic carbocycles. The Morgan fingerprint density at radius 2 is 2.25 bits per heavy atom. The first-order valence-corrected chi connectivity index (χ1v) is 5.36. The van der Waals surface area contributed by atoms with E-state index in [9.17, 15) is 9.18 Å². The van der Waals surface area contributed by atoms with E-state index in [0.717, 1.165) is 11.3 Å². The third-order valence-corrected chi connectivity index (χ3v) is 3.26. The molecule has 0 spiro atoms. The van der Waals surface area contributed by atoms with Crippen molar-refractivity contribution in [2.24, 2.45) is 0 Å². The number of halogens is 1. The van der Waals surface area contributed by atoms with Crippen LogP contribution in [0.3, 0.4) is 0 Å². The SMILES string of the molecule is Cc1nc(C(=O)O)sc1-c1cccc(F)c1. The highest BCUT2D eigenvalue weighted by Crippen LogP contribution is 2.30. The van der Waals surface area contributed by atoms with Gasteiger partial charge in [0.05, 0.1) is 10.6 Å². The molecule has 2 aromatic rings. The monoisotopic (exact) mass is 237 g/mol. The molecule has 0 radical (unpaired) electrons. The third-order valence-electron chi connectivity index (χ3n) is 2.07.